The Labute approximate surface area is 124 Å². The van der Waals surface area contributed by atoms with Crippen molar-refractivity contribution in [1.82, 2.24) is 14.8 Å². The molecule has 0 saturated carbocycles. The first-order valence-electron chi connectivity index (χ1n) is 5.90. The van der Waals surface area contributed by atoms with Crippen molar-refractivity contribution in [3.63, 3.8) is 0 Å². The summed E-state index contributed by atoms with van der Waals surface area (Å²) in [4.78, 5) is 4.57. The van der Waals surface area contributed by atoms with Crippen LogP contribution in [0.15, 0.2) is 35.8 Å². The summed E-state index contributed by atoms with van der Waals surface area (Å²) < 4.78 is 1.64. The van der Waals surface area contributed by atoms with Gasteiger partial charge in [-0.2, -0.15) is 5.10 Å². The first kappa shape index (κ1) is 13.0. The first-order valence-corrected chi connectivity index (χ1v) is 7.16. The lowest BCUT2D eigenvalue weighted by molar-refractivity contribution is 0.694. The topological polar surface area (TPSA) is 82.8 Å². The van der Waals surface area contributed by atoms with Crippen LogP contribution in [0.3, 0.4) is 0 Å². The smallest absolute Gasteiger partial charge is 0.145 e. The molecule has 0 fully saturated rings. The molecular weight excluding hydrogens is 294 g/mol. The zero-order valence-corrected chi connectivity index (χ0v) is 12.0. The van der Waals surface area contributed by atoms with E-state index in [1.165, 1.54) is 0 Å². The van der Waals surface area contributed by atoms with Gasteiger partial charge < -0.3 is 11.5 Å². The molecule has 3 rings (SSSR count). The summed E-state index contributed by atoms with van der Waals surface area (Å²) in [6, 6.07) is 7.59. The maximum Gasteiger partial charge on any atom is 0.145 e. The Morgan fingerprint density at radius 2 is 1.95 bits per heavy atom. The van der Waals surface area contributed by atoms with Crippen LogP contribution in [0.4, 0.5) is 11.5 Å². The predicted octanol–water partition coefficient (Wildman–Crippen LogP) is 2.87. The van der Waals surface area contributed by atoms with Crippen molar-refractivity contribution in [1.29, 1.82) is 0 Å². The summed E-state index contributed by atoms with van der Waals surface area (Å²) in [5.74, 6) is 0.466. The molecule has 0 radical (unpaired) electrons. The Balaban J connectivity index is 1.83. The fourth-order valence-electron chi connectivity index (χ4n) is 1.80. The van der Waals surface area contributed by atoms with E-state index in [1.807, 2.05) is 29.6 Å². The van der Waals surface area contributed by atoms with Gasteiger partial charge in [-0.05, 0) is 12.1 Å². The van der Waals surface area contributed by atoms with Crippen LogP contribution in [-0.2, 0) is 6.54 Å². The van der Waals surface area contributed by atoms with Gasteiger partial charge in [-0.1, -0.05) is 23.7 Å². The summed E-state index contributed by atoms with van der Waals surface area (Å²) in [5.41, 5.74) is 13.9. The molecule has 0 spiro atoms. The third-order valence-electron chi connectivity index (χ3n) is 2.89. The maximum absolute atomic E-state index is 5.88. The van der Waals surface area contributed by atoms with E-state index >= 15 is 0 Å². The predicted molar refractivity (Wildman–Crippen MR) is 82.7 cm³/mol. The largest absolute Gasteiger partial charge is 0.394 e. The van der Waals surface area contributed by atoms with Gasteiger partial charge >= 0.3 is 0 Å². The van der Waals surface area contributed by atoms with E-state index in [-0.39, 0.29) is 0 Å². The Kier molecular flexibility index (Phi) is 3.33. The van der Waals surface area contributed by atoms with E-state index in [9.17, 15) is 0 Å². The van der Waals surface area contributed by atoms with Gasteiger partial charge in [-0.15, -0.1) is 11.3 Å². The molecule has 20 heavy (non-hydrogen) atoms. The third-order valence-corrected chi connectivity index (χ3v) is 3.97. The Bertz CT molecular complexity index is 732. The lowest BCUT2D eigenvalue weighted by atomic mass is 10.2. The van der Waals surface area contributed by atoms with Gasteiger partial charge in [0.2, 0.25) is 0 Å². The molecule has 5 nitrogen and oxygen atoms in total. The van der Waals surface area contributed by atoms with Gasteiger partial charge in [0.15, 0.2) is 0 Å². The van der Waals surface area contributed by atoms with E-state index in [4.69, 9.17) is 23.1 Å². The average molecular weight is 306 g/mol. The minimum absolute atomic E-state index is 0.466. The van der Waals surface area contributed by atoms with Crippen molar-refractivity contribution >= 4 is 34.4 Å². The molecule has 0 unspecified atom stereocenters. The third kappa shape index (κ3) is 2.48. The monoisotopic (exact) mass is 305 g/mol. The fourth-order valence-corrected chi connectivity index (χ4v) is 2.71. The molecule has 3 aromatic rings. The molecule has 0 aliphatic rings. The molecule has 0 aliphatic heterocycles. The van der Waals surface area contributed by atoms with E-state index < -0.39 is 0 Å². The number of nitrogens with two attached hydrogens (primary N) is 2. The summed E-state index contributed by atoms with van der Waals surface area (Å²) in [6.45, 7) is 0.515. The highest BCUT2D eigenvalue weighted by molar-refractivity contribution is 7.09. The number of hydrogen-bond acceptors (Lipinski definition) is 5. The molecule has 0 saturated heterocycles. The van der Waals surface area contributed by atoms with Crippen molar-refractivity contribution in [2.45, 2.75) is 6.54 Å². The van der Waals surface area contributed by atoms with E-state index in [1.54, 1.807) is 22.2 Å². The van der Waals surface area contributed by atoms with Crippen molar-refractivity contribution in [2.24, 2.45) is 0 Å². The van der Waals surface area contributed by atoms with Gasteiger partial charge in [0.25, 0.3) is 0 Å². The van der Waals surface area contributed by atoms with Gasteiger partial charge in [0.05, 0.1) is 24.1 Å². The van der Waals surface area contributed by atoms with Crippen LogP contribution >= 0.6 is 22.9 Å². The zero-order chi connectivity index (χ0) is 14.1. The molecule has 0 atom stereocenters. The average Bonchev–Trinajstić information content (AvgIpc) is 3.02. The first-order chi connectivity index (χ1) is 9.63. The molecule has 0 bridgehead atoms. The van der Waals surface area contributed by atoms with Crippen LogP contribution in [0.5, 0.6) is 0 Å². The molecular formula is C13H12ClN5S. The Morgan fingerprint density at radius 3 is 2.60 bits per heavy atom. The maximum atomic E-state index is 5.88. The lowest BCUT2D eigenvalue weighted by Gasteiger charge is -2.01. The van der Waals surface area contributed by atoms with Crippen LogP contribution in [0, 0.1) is 0 Å². The number of halogens is 1. The van der Waals surface area contributed by atoms with Crippen molar-refractivity contribution in [3.8, 4) is 11.3 Å². The van der Waals surface area contributed by atoms with E-state index in [2.05, 4.69) is 10.1 Å². The second kappa shape index (κ2) is 5.15. The van der Waals surface area contributed by atoms with Crippen LogP contribution in [0.2, 0.25) is 5.02 Å². The summed E-state index contributed by atoms with van der Waals surface area (Å²) in [6.07, 6.45) is 1.54. The van der Waals surface area contributed by atoms with Gasteiger partial charge in [0.1, 0.15) is 10.8 Å². The summed E-state index contributed by atoms with van der Waals surface area (Å²) in [7, 11) is 0. The SMILES string of the molecule is Nc1cnn(Cc2nc(-c3ccc(Cl)cc3)cs2)c1N. The highest BCUT2D eigenvalue weighted by atomic mass is 35.5. The number of nitrogens with zero attached hydrogens (tertiary/aromatic N) is 3. The molecule has 0 aliphatic carbocycles. The highest BCUT2D eigenvalue weighted by Crippen LogP contribution is 2.24. The fraction of sp³-hybridized carbons (Fsp3) is 0.0769. The molecule has 2 heterocycles. The summed E-state index contributed by atoms with van der Waals surface area (Å²) >= 11 is 7.44. The van der Waals surface area contributed by atoms with Crippen molar-refractivity contribution < 1.29 is 0 Å². The molecule has 0 amide bonds. The summed E-state index contributed by atoms with van der Waals surface area (Å²) in [5, 5.41) is 7.75. The van der Waals surface area contributed by atoms with Crippen LogP contribution < -0.4 is 11.5 Å². The van der Waals surface area contributed by atoms with E-state index in [0.29, 0.717) is 23.1 Å². The van der Waals surface area contributed by atoms with E-state index in [0.717, 1.165) is 16.3 Å². The molecule has 1 aromatic carbocycles. The number of rotatable bonds is 3. The molecule has 2 aromatic heterocycles. The minimum Gasteiger partial charge on any atom is -0.394 e. The zero-order valence-electron chi connectivity index (χ0n) is 10.5. The normalized spacial score (nSPS) is 10.8. The number of nitrogen functional groups attached to an aromatic ring is 2. The van der Waals surface area contributed by atoms with Crippen LogP contribution in [0.25, 0.3) is 11.3 Å². The highest BCUT2D eigenvalue weighted by Gasteiger charge is 2.09. The second-order valence-corrected chi connectivity index (χ2v) is 5.66. The number of anilines is 2. The number of benzene rings is 1. The Morgan fingerprint density at radius 1 is 1.20 bits per heavy atom. The van der Waals surface area contributed by atoms with Gasteiger partial charge in [-0.3, -0.25) is 0 Å². The van der Waals surface area contributed by atoms with Crippen LogP contribution in [-0.4, -0.2) is 14.8 Å². The van der Waals surface area contributed by atoms with Crippen molar-refractivity contribution in [2.75, 3.05) is 11.5 Å². The molecule has 7 heteroatoms. The van der Waals surface area contributed by atoms with Gasteiger partial charge in [0, 0.05) is 16.0 Å². The van der Waals surface area contributed by atoms with Gasteiger partial charge in [-0.25, -0.2) is 9.67 Å². The number of hydrogen-bond donors (Lipinski definition) is 2. The number of aromatic nitrogens is 3. The number of thiazole rings is 1. The standard InChI is InChI=1S/C13H12ClN5S/c14-9-3-1-8(2-4-9)11-7-20-12(18-11)6-19-13(16)10(15)5-17-19/h1-5,7H,6,15-16H2. The lowest BCUT2D eigenvalue weighted by Crippen LogP contribution is -2.06. The van der Waals surface area contributed by atoms with Crippen LogP contribution in [0.1, 0.15) is 5.01 Å². The molecule has 102 valence electrons. The second-order valence-electron chi connectivity index (χ2n) is 4.28. The molecule has 4 N–H and O–H groups in total. The van der Waals surface area contributed by atoms with Crippen molar-refractivity contribution in [3.05, 3.63) is 45.9 Å². The Hall–Kier alpha value is -2.05. The minimum atomic E-state index is 0.466. The quantitative estimate of drug-likeness (QED) is 0.779.